The molecule has 0 fully saturated rings. The average molecular weight is 313 g/mol. The third kappa shape index (κ3) is 3.62. The molecule has 0 bridgehead atoms. The lowest BCUT2D eigenvalue weighted by Gasteiger charge is -2.27. The lowest BCUT2D eigenvalue weighted by atomic mass is 10.1. The molecule has 3 rings (SSSR count). The standard InChI is InChI=1S/C16H19N5O2/c1-2-21-16(23)9-12-10-20(8-5-14(12)19-21)11-15(22)18-13-3-6-17-7-4-13/h3-4,6-7,9H,2,5,8,10-11H2,1H3,(H,17,18,22). The minimum absolute atomic E-state index is 0.0745. The van der Waals surface area contributed by atoms with Crippen LogP contribution in [-0.4, -0.2) is 38.7 Å². The van der Waals surface area contributed by atoms with Crippen LogP contribution in [0.15, 0.2) is 35.4 Å². The fraction of sp³-hybridized carbons (Fsp3) is 0.375. The molecule has 120 valence electrons. The van der Waals surface area contributed by atoms with Crippen LogP contribution in [0, 0.1) is 0 Å². The molecule has 0 unspecified atom stereocenters. The first kappa shape index (κ1) is 15.4. The summed E-state index contributed by atoms with van der Waals surface area (Å²) in [5.74, 6) is -0.0745. The Hall–Kier alpha value is -2.54. The molecule has 0 spiro atoms. The Morgan fingerprint density at radius 1 is 1.35 bits per heavy atom. The van der Waals surface area contributed by atoms with Crippen molar-refractivity contribution in [2.24, 2.45) is 0 Å². The third-order valence-electron chi connectivity index (χ3n) is 3.85. The van der Waals surface area contributed by atoms with Gasteiger partial charge in [-0.15, -0.1) is 0 Å². The molecule has 1 aliphatic rings. The Balaban J connectivity index is 1.64. The van der Waals surface area contributed by atoms with Gasteiger partial charge < -0.3 is 5.32 Å². The summed E-state index contributed by atoms with van der Waals surface area (Å²) in [5.41, 5.74) is 2.52. The van der Waals surface area contributed by atoms with Crippen molar-refractivity contribution in [3.63, 3.8) is 0 Å². The summed E-state index contributed by atoms with van der Waals surface area (Å²) in [5, 5.41) is 7.22. The number of nitrogens with one attached hydrogen (secondary N) is 1. The minimum Gasteiger partial charge on any atom is -0.325 e. The van der Waals surface area contributed by atoms with Crippen LogP contribution in [0.3, 0.4) is 0 Å². The molecular formula is C16H19N5O2. The van der Waals surface area contributed by atoms with Gasteiger partial charge in [-0.3, -0.25) is 19.5 Å². The van der Waals surface area contributed by atoms with Crippen LogP contribution in [0.25, 0.3) is 0 Å². The molecule has 0 aliphatic carbocycles. The summed E-state index contributed by atoms with van der Waals surface area (Å²) in [7, 11) is 0. The number of aromatic nitrogens is 3. The summed E-state index contributed by atoms with van der Waals surface area (Å²) in [6.45, 7) is 4.10. The molecule has 0 saturated carbocycles. The summed E-state index contributed by atoms with van der Waals surface area (Å²) >= 11 is 0. The largest absolute Gasteiger partial charge is 0.325 e. The van der Waals surface area contributed by atoms with Crippen LogP contribution < -0.4 is 10.9 Å². The molecule has 3 heterocycles. The number of pyridine rings is 1. The zero-order valence-corrected chi connectivity index (χ0v) is 13.0. The van der Waals surface area contributed by atoms with E-state index < -0.39 is 0 Å². The Morgan fingerprint density at radius 2 is 2.13 bits per heavy atom. The first-order valence-corrected chi connectivity index (χ1v) is 7.68. The van der Waals surface area contributed by atoms with E-state index in [0.29, 0.717) is 19.6 Å². The smallest absolute Gasteiger partial charge is 0.267 e. The van der Waals surface area contributed by atoms with Crippen LogP contribution >= 0.6 is 0 Å². The number of carbonyl (C=O) groups excluding carboxylic acids is 1. The van der Waals surface area contributed by atoms with Crippen molar-refractivity contribution in [1.29, 1.82) is 0 Å². The van der Waals surface area contributed by atoms with Gasteiger partial charge in [0.05, 0.1) is 12.2 Å². The number of fused-ring (bicyclic) bond motifs is 1. The topological polar surface area (TPSA) is 80.1 Å². The maximum atomic E-state index is 12.1. The zero-order valence-electron chi connectivity index (χ0n) is 13.0. The number of amides is 1. The minimum atomic E-state index is -0.0886. The van der Waals surface area contributed by atoms with Gasteiger partial charge in [-0.1, -0.05) is 0 Å². The predicted octanol–water partition coefficient (Wildman–Crippen LogP) is 0.655. The molecule has 0 radical (unpaired) electrons. The molecule has 0 saturated heterocycles. The van der Waals surface area contributed by atoms with Crippen molar-refractivity contribution in [3.05, 3.63) is 52.2 Å². The van der Waals surface area contributed by atoms with Gasteiger partial charge in [0.25, 0.3) is 5.56 Å². The van der Waals surface area contributed by atoms with Gasteiger partial charge in [-0.2, -0.15) is 5.10 Å². The van der Waals surface area contributed by atoms with Gasteiger partial charge in [0, 0.05) is 50.2 Å². The van der Waals surface area contributed by atoms with Crippen molar-refractivity contribution < 1.29 is 4.79 Å². The molecule has 0 atom stereocenters. The van der Waals surface area contributed by atoms with Gasteiger partial charge in [0.1, 0.15) is 0 Å². The normalized spacial score (nSPS) is 14.3. The number of nitrogens with zero attached hydrogens (tertiary/aromatic N) is 4. The number of carbonyl (C=O) groups is 1. The van der Waals surface area contributed by atoms with Gasteiger partial charge in [-0.25, -0.2) is 4.68 Å². The Bertz CT molecular complexity index is 757. The fourth-order valence-electron chi connectivity index (χ4n) is 2.70. The maximum absolute atomic E-state index is 12.1. The van der Waals surface area contributed by atoms with Gasteiger partial charge in [0.15, 0.2) is 0 Å². The van der Waals surface area contributed by atoms with E-state index in [4.69, 9.17) is 0 Å². The van der Waals surface area contributed by atoms with Crippen LogP contribution in [0.2, 0.25) is 0 Å². The SMILES string of the molecule is CCn1nc2c(cc1=O)CN(CC(=O)Nc1ccncc1)CC2. The van der Waals surface area contributed by atoms with Gasteiger partial charge >= 0.3 is 0 Å². The Labute approximate surface area is 134 Å². The van der Waals surface area contributed by atoms with E-state index in [0.717, 1.165) is 29.9 Å². The number of hydrogen-bond acceptors (Lipinski definition) is 5. The highest BCUT2D eigenvalue weighted by Crippen LogP contribution is 2.15. The molecule has 2 aromatic heterocycles. The van der Waals surface area contributed by atoms with Crippen molar-refractivity contribution in [3.8, 4) is 0 Å². The van der Waals surface area contributed by atoms with Crippen molar-refractivity contribution in [1.82, 2.24) is 19.7 Å². The van der Waals surface area contributed by atoms with E-state index in [1.807, 2.05) is 11.8 Å². The molecule has 0 aromatic carbocycles. The maximum Gasteiger partial charge on any atom is 0.267 e. The van der Waals surface area contributed by atoms with E-state index in [1.54, 1.807) is 30.6 Å². The van der Waals surface area contributed by atoms with Crippen molar-refractivity contribution in [2.45, 2.75) is 26.4 Å². The second kappa shape index (κ2) is 6.70. The van der Waals surface area contributed by atoms with Gasteiger partial charge in [0.2, 0.25) is 5.91 Å². The van der Waals surface area contributed by atoms with Crippen molar-refractivity contribution in [2.75, 3.05) is 18.4 Å². The summed E-state index contributed by atoms with van der Waals surface area (Å²) in [6.07, 6.45) is 4.02. The van der Waals surface area contributed by atoms with E-state index in [9.17, 15) is 9.59 Å². The summed E-state index contributed by atoms with van der Waals surface area (Å²) in [4.78, 5) is 29.9. The summed E-state index contributed by atoms with van der Waals surface area (Å²) in [6, 6.07) is 5.14. The number of rotatable bonds is 4. The molecule has 1 aliphatic heterocycles. The average Bonchev–Trinajstić information content (AvgIpc) is 2.55. The van der Waals surface area contributed by atoms with Crippen molar-refractivity contribution >= 4 is 11.6 Å². The zero-order chi connectivity index (χ0) is 16.2. The highest BCUT2D eigenvalue weighted by atomic mass is 16.2. The first-order valence-electron chi connectivity index (χ1n) is 7.68. The lowest BCUT2D eigenvalue weighted by molar-refractivity contribution is -0.117. The quantitative estimate of drug-likeness (QED) is 0.897. The molecule has 2 aromatic rings. The second-order valence-electron chi connectivity index (χ2n) is 5.51. The summed E-state index contributed by atoms with van der Waals surface area (Å²) < 4.78 is 1.48. The molecule has 1 amide bonds. The Kier molecular flexibility index (Phi) is 4.47. The third-order valence-corrected chi connectivity index (χ3v) is 3.85. The number of hydrogen-bond donors (Lipinski definition) is 1. The fourth-order valence-corrected chi connectivity index (χ4v) is 2.70. The van der Waals surface area contributed by atoms with E-state index >= 15 is 0 Å². The van der Waals surface area contributed by atoms with E-state index in [1.165, 1.54) is 4.68 Å². The second-order valence-corrected chi connectivity index (χ2v) is 5.51. The molecule has 7 heteroatoms. The van der Waals surface area contributed by atoms with E-state index in [2.05, 4.69) is 15.4 Å². The highest BCUT2D eigenvalue weighted by Gasteiger charge is 2.20. The van der Waals surface area contributed by atoms with Gasteiger partial charge in [-0.05, 0) is 24.6 Å². The first-order chi connectivity index (χ1) is 11.2. The highest BCUT2D eigenvalue weighted by molar-refractivity contribution is 5.92. The molecule has 7 nitrogen and oxygen atoms in total. The molecule has 1 N–H and O–H groups in total. The van der Waals surface area contributed by atoms with Crippen LogP contribution in [-0.2, 0) is 24.3 Å². The molecular weight excluding hydrogens is 294 g/mol. The Morgan fingerprint density at radius 3 is 2.87 bits per heavy atom. The van der Waals surface area contributed by atoms with E-state index in [-0.39, 0.29) is 11.5 Å². The van der Waals surface area contributed by atoms with Crippen LogP contribution in [0.4, 0.5) is 5.69 Å². The number of aryl methyl sites for hydroxylation is 1. The molecule has 23 heavy (non-hydrogen) atoms. The van der Waals surface area contributed by atoms with Crippen LogP contribution in [0.5, 0.6) is 0 Å². The van der Waals surface area contributed by atoms with Crippen LogP contribution in [0.1, 0.15) is 18.2 Å². The predicted molar refractivity (Wildman–Crippen MR) is 86.0 cm³/mol. The number of anilines is 1. The lowest BCUT2D eigenvalue weighted by Crippen LogP contribution is -2.39. The monoisotopic (exact) mass is 313 g/mol.